The maximum atomic E-state index is 12.4. The van der Waals surface area contributed by atoms with Crippen LogP contribution < -0.4 is 0 Å². The fourth-order valence-corrected chi connectivity index (χ4v) is 1.85. The highest BCUT2D eigenvalue weighted by atomic mass is 35.5. The quantitative estimate of drug-likeness (QED) is 0.847. The van der Waals surface area contributed by atoms with Gasteiger partial charge in [0.05, 0.1) is 12.2 Å². The van der Waals surface area contributed by atoms with Crippen molar-refractivity contribution in [1.29, 1.82) is 0 Å². The number of hydrogen-bond acceptors (Lipinski definition) is 2. The van der Waals surface area contributed by atoms with Crippen molar-refractivity contribution in [1.82, 2.24) is 19.6 Å². The van der Waals surface area contributed by atoms with Crippen LogP contribution in [0, 0.1) is 6.92 Å². The number of alkyl halides is 3. The molecule has 0 aromatic carbocycles. The van der Waals surface area contributed by atoms with Crippen molar-refractivity contribution in [3.8, 4) is 0 Å². The average Bonchev–Trinajstić information content (AvgIpc) is 2.80. The van der Waals surface area contributed by atoms with Gasteiger partial charge in [-0.05, 0) is 13.0 Å². The van der Waals surface area contributed by atoms with Gasteiger partial charge in [0.15, 0.2) is 5.69 Å². The summed E-state index contributed by atoms with van der Waals surface area (Å²) in [6.45, 7) is 1.91. The van der Waals surface area contributed by atoms with Gasteiger partial charge in [0.25, 0.3) is 0 Å². The summed E-state index contributed by atoms with van der Waals surface area (Å²) in [5, 5.41) is 7.95. The second-order valence-electron chi connectivity index (χ2n) is 3.87. The number of nitrogens with zero attached hydrogens (tertiary/aromatic N) is 4. The zero-order valence-electron chi connectivity index (χ0n) is 9.66. The highest BCUT2D eigenvalue weighted by molar-refractivity contribution is 6.30. The minimum Gasteiger partial charge on any atom is -0.268 e. The third-order valence-electron chi connectivity index (χ3n) is 2.52. The Bertz CT molecular complexity index is 570. The van der Waals surface area contributed by atoms with E-state index in [4.69, 9.17) is 11.6 Å². The van der Waals surface area contributed by atoms with Gasteiger partial charge >= 0.3 is 6.18 Å². The summed E-state index contributed by atoms with van der Waals surface area (Å²) in [4.78, 5) is 0. The zero-order valence-corrected chi connectivity index (χ0v) is 10.4. The van der Waals surface area contributed by atoms with Crippen LogP contribution in [-0.4, -0.2) is 19.6 Å². The van der Waals surface area contributed by atoms with Crippen molar-refractivity contribution in [3.63, 3.8) is 0 Å². The Kier molecular flexibility index (Phi) is 3.10. The summed E-state index contributed by atoms with van der Waals surface area (Å²) in [5.41, 5.74) is 0.419. The Morgan fingerprint density at radius 1 is 1.33 bits per heavy atom. The van der Waals surface area contributed by atoms with E-state index in [1.165, 1.54) is 15.6 Å². The van der Waals surface area contributed by atoms with E-state index in [0.29, 0.717) is 16.4 Å². The largest absolute Gasteiger partial charge is 0.435 e. The molecule has 0 fully saturated rings. The van der Waals surface area contributed by atoms with E-state index in [0.717, 1.165) is 6.07 Å². The highest BCUT2D eigenvalue weighted by Crippen LogP contribution is 2.27. The molecule has 0 amide bonds. The minimum absolute atomic E-state index is 0.161. The summed E-state index contributed by atoms with van der Waals surface area (Å²) in [5.74, 6) is 0. The van der Waals surface area contributed by atoms with Gasteiger partial charge in [0.2, 0.25) is 0 Å². The molecule has 4 nitrogen and oxygen atoms in total. The van der Waals surface area contributed by atoms with Crippen LogP contribution in [0.25, 0.3) is 0 Å². The molecule has 0 aliphatic carbocycles. The lowest BCUT2D eigenvalue weighted by molar-refractivity contribution is -0.141. The molecule has 2 heterocycles. The van der Waals surface area contributed by atoms with Crippen molar-refractivity contribution in [2.75, 3.05) is 0 Å². The predicted molar refractivity (Wildman–Crippen MR) is 59.3 cm³/mol. The molecule has 0 aliphatic rings. The Morgan fingerprint density at radius 3 is 2.44 bits per heavy atom. The second kappa shape index (κ2) is 4.31. The monoisotopic (exact) mass is 278 g/mol. The lowest BCUT2D eigenvalue weighted by Crippen LogP contribution is -2.08. The van der Waals surface area contributed by atoms with Gasteiger partial charge in [-0.25, -0.2) is 0 Å². The number of aryl methyl sites for hydroxylation is 2. The van der Waals surface area contributed by atoms with Crippen molar-refractivity contribution < 1.29 is 13.2 Å². The predicted octanol–water partition coefficient (Wildman–Crippen LogP) is 2.65. The molecule has 2 aromatic rings. The number of halogens is 4. The second-order valence-corrected chi connectivity index (χ2v) is 4.23. The molecule has 8 heteroatoms. The molecule has 2 rings (SSSR count). The van der Waals surface area contributed by atoms with E-state index < -0.39 is 11.9 Å². The molecule has 2 aromatic heterocycles. The third-order valence-corrected chi connectivity index (χ3v) is 2.99. The molecular weight excluding hydrogens is 269 g/mol. The SMILES string of the molecule is Cc1nn(C)c(Cl)c1Cn1ccc(C(F)(F)F)n1. The van der Waals surface area contributed by atoms with Gasteiger partial charge in [-0.3, -0.25) is 9.36 Å². The van der Waals surface area contributed by atoms with Crippen LogP contribution in [0.1, 0.15) is 17.0 Å². The van der Waals surface area contributed by atoms with Crippen LogP contribution in [0.15, 0.2) is 12.3 Å². The molecule has 0 radical (unpaired) electrons. The van der Waals surface area contributed by atoms with Gasteiger partial charge in [0, 0.05) is 18.8 Å². The van der Waals surface area contributed by atoms with Gasteiger partial charge in [-0.2, -0.15) is 23.4 Å². The highest BCUT2D eigenvalue weighted by Gasteiger charge is 2.33. The van der Waals surface area contributed by atoms with E-state index in [-0.39, 0.29) is 6.54 Å². The number of hydrogen-bond donors (Lipinski definition) is 0. The zero-order chi connectivity index (χ0) is 13.5. The normalized spacial score (nSPS) is 12.1. The number of aromatic nitrogens is 4. The summed E-state index contributed by atoms with van der Waals surface area (Å²) >= 11 is 6.00. The Morgan fingerprint density at radius 2 is 2.00 bits per heavy atom. The minimum atomic E-state index is -4.43. The molecular formula is C10H10ClF3N4. The first-order valence-corrected chi connectivity index (χ1v) is 5.45. The first kappa shape index (κ1) is 12.9. The number of rotatable bonds is 2. The molecule has 18 heavy (non-hydrogen) atoms. The maximum Gasteiger partial charge on any atom is 0.435 e. The van der Waals surface area contributed by atoms with Crippen LogP contribution in [-0.2, 0) is 19.8 Å². The molecule has 0 bridgehead atoms. The first-order chi connectivity index (χ1) is 8.29. The molecule has 0 saturated heterocycles. The van der Waals surface area contributed by atoms with Crippen molar-refractivity contribution >= 4 is 11.6 Å². The maximum absolute atomic E-state index is 12.4. The van der Waals surface area contributed by atoms with Gasteiger partial charge in [-0.15, -0.1) is 0 Å². The van der Waals surface area contributed by atoms with Crippen LogP contribution in [0.4, 0.5) is 13.2 Å². The fraction of sp³-hybridized carbons (Fsp3) is 0.400. The van der Waals surface area contributed by atoms with E-state index in [2.05, 4.69) is 10.2 Å². The smallest absolute Gasteiger partial charge is 0.268 e. The van der Waals surface area contributed by atoms with Crippen molar-refractivity contribution in [3.05, 3.63) is 34.4 Å². The third kappa shape index (κ3) is 2.35. The summed E-state index contributed by atoms with van der Waals surface area (Å²) in [7, 11) is 1.67. The van der Waals surface area contributed by atoms with E-state index >= 15 is 0 Å². The molecule has 0 aliphatic heterocycles. The van der Waals surface area contributed by atoms with Gasteiger partial charge < -0.3 is 0 Å². The van der Waals surface area contributed by atoms with Crippen molar-refractivity contribution in [2.45, 2.75) is 19.6 Å². The van der Waals surface area contributed by atoms with Crippen LogP contribution in [0.5, 0.6) is 0 Å². The van der Waals surface area contributed by atoms with E-state index in [1.807, 2.05) is 0 Å². The van der Waals surface area contributed by atoms with Crippen LogP contribution in [0.2, 0.25) is 5.15 Å². The summed E-state index contributed by atoms with van der Waals surface area (Å²) in [6, 6.07) is 0.930. The molecule has 0 unspecified atom stereocenters. The summed E-state index contributed by atoms with van der Waals surface area (Å²) in [6.07, 6.45) is -3.16. The molecule has 98 valence electrons. The lowest BCUT2D eigenvalue weighted by Gasteiger charge is -2.03. The van der Waals surface area contributed by atoms with Gasteiger partial charge in [0.1, 0.15) is 5.15 Å². The van der Waals surface area contributed by atoms with Crippen LogP contribution >= 0.6 is 11.6 Å². The van der Waals surface area contributed by atoms with Gasteiger partial charge in [-0.1, -0.05) is 11.6 Å². The Labute approximate surface area is 106 Å². The molecule has 0 spiro atoms. The Hall–Kier alpha value is -1.50. The van der Waals surface area contributed by atoms with E-state index in [9.17, 15) is 13.2 Å². The molecule has 0 atom stereocenters. The lowest BCUT2D eigenvalue weighted by atomic mass is 10.3. The topological polar surface area (TPSA) is 35.6 Å². The van der Waals surface area contributed by atoms with Crippen molar-refractivity contribution in [2.24, 2.45) is 7.05 Å². The Balaban J connectivity index is 2.27. The summed E-state index contributed by atoms with van der Waals surface area (Å²) < 4.78 is 39.8. The van der Waals surface area contributed by atoms with E-state index in [1.54, 1.807) is 14.0 Å². The molecule has 0 N–H and O–H groups in total. The standard InChI is InChI=1S/C10H10ClF3N4/c1-6-7(9(11)17(2)15-6)5-18-4-3-8(16-18)10(12,13)14/h3-4H,5H2,1-2H3. The fourth-order valence-electron chi connectivity index (χ4n) is 1.62. The molecule has 0 saturated carbocycles. The van der Waals surface area contributed by atoms with Crippen LogP contribution in [0.3, 0.4) is 0 Å². The first-order valence-electron chi connectivity index (χ1n) is 5.07. The average molecular weight is 279 g/mol.